The second-order valence-electron chi connectivity index (χ2n) is 3.27. The normalized spacial score (nSPS) is 18.5. The predicted molar refractivity (Wildman–Crippen MR) is 47.1 cm³/mol. The lowest BCUT2D eigenvalue weighted by Crippen LogP contribution is -2.37. The summed E-state index contributed by atoms with van der Waals surface area (Å²) >= 11 is 0. The van der Waals surface area contributed by atoms with E-state index >= 15 is 0 Å². The van der Waals surface area contributed by atoms with Crippen molar-refractivity contribution in [2.24, 2.45) is 5.92 Å². The Morgan fingerprint density at radius 2 is 2.15 bits per heavy atom. The average molecular weight is 183 g/mol. The van der Waals surface area contributed by atoms with Crippen LogP contribution >= 0.6 is 0 Å². The Balaban J connectivity index is 2.27. The molecule has 0 unspecified atom stereocenters. The first-order valence-corrected chi connectivity index (χ1v) is 4.31. The molecule has 4 heteroatoms. The summed E-state index contributed by atoms with van der Waals surface area (Å²) in [6.07, 6.45) is 5.51. The van der Waals surface area contributed by atoms with Gasteiger partial charge in [-0.2, -0.15) is 0 Å². The largest absolute Gasteiger partial charge is 0.480 e. The van der Waals surface area contributed by atoms with Gasteiger partial charge in [0.2, 0.25) is 5.91 Å². The van der Waals surface area contributed by atoms with Crippen molar-refractivity contribution in [2.45, 2.75) is 25.8 Å². The number of hydrogen-bond acceptors (Lipinski definition) is 2. The van der Waals surface area contributed by atoms with E-state index in [-0.39, 0.29) is 5.91 Å². The molecule has 0 radical (unpaired) electrons. The summed E-state index contributed by atoms with van der Waals surface area (Å²) in [5.74, 6) is -0.819. The van der Waals surface area contributed by atoms with E-state index < -0.39 is 12.0 Å². The lowest BCUT2D eigenvalue weighted by molar-refractivity contribution is -0.140. The summed E-state index contributed by atoms with van der Waals surface area (Å²) in [4.78, 5) is 21.4. The van der Waals surface area contributed by atoms with E-state index in [1.807, 2.05) is 6.08 Å². The van der Waals surface area contributed by atoms with Crippen LogP contribution in [0.4, 0.5) is 0 Å². The van der Waals surface area contributed by atoms with Crippen LogP contribution in [-0.4, -0.2) is 23.0 Å². The van der Waals surface area contributed by atoms with Crippen molar-refractivity contribution in [1.82, 2.24) is 5.32 Å². The summed E-state index contributed by atoms with van der Waals surface area (Å²) in [7, 11) is 0. The number of rotatable bonds is 4. The van der Waals surface area contributed by atoms with Gasteiger partial charge in [-0.25, -0.2) is 0 Å². The lowest BCUT2D eigenvalue weighted by atomic mass is 10.3. The zero-order valence-electron chi connectivity index (χ0n) is 7.49. The fraction of sp³-hybridized carbons (Fsp3) is 0.556. The molecule has 4 nitrogen and oxygen atoms in total. The monoisotopic (exact) mass is 183 g/mol. The highest BCUT2D eigenvalue weighted by Crippen LogP contribution is 2.29. The molecule has 0 aromatic heterocycles. The summed E-state index contributed by atoms with van der Waals surface area (Å²) in [5.41, 5.74) is 0. The molecule has 0 bridgehead atoms. The van der Waals surface area contributed by atoms with Gasteiger partial charge in [0.15, 0.2) is 0 Å². The third-order valence-corrected chi connectivity index (χ3v) is 1.87. The molecule has 0 saturated heterocycles. The third kappa shape index (κ3) is 3.73. The molecule has 0 heterocycles. The molecular weight excluding hydrogens is 170 g/mol. The maximum atomic E-state index is 11.0. The van der Waals surface area contributed by atoms with Crippen LogP contribution in [0.1, 0.15) is 19.8 Å². The fourth-order valence-corrected chi connectivity index (χ4v) is 0.835. The SMILES string of the molecule is C[C@H](NC(=O)/C=C/C1CC1)C(=O)O. The van der Waals surface area contributed by atoms with Gasteiger partial charge in [-0.05, 0) is 31.8 Å². The van der Waals surface area contributed by atoms with Crippen molar-refractivity contribution in [1.29, 1.82) is 0 Å². The van der Waals surface area contributed by atoms with Gasteiger partial charge in [-0.1, -0.05) is 6.08 Å². The Bertz CT molecular complexity index is 243. The fourth-order valence-electron chi connectivity index (χ4n) is 0.835. The molecule has 1 atom stereocenters. The van der Waals surface area contributed by atoms with E-state index in [9.17, 15) is 9.59 Å². The van der Waals surface area contributed by atoms with Gasteiger partial charge in [0.1, 0.15) is 6.04 Å². The summed E-state index contributed by atoms with van der Waals surface area (Å²) in [6.45, 7) is 1.44. The van der Waals surface area contributed by atoms with Gasteiger partial charge >= 0.3 is 5.97 Å². The predicted octanol–water partition coefficient (Wildman–Crippen LogP) is 0.542. The number of allylic oxidation sites excluding steroid dienone is 1. The Labute approximate surface area is 76.6 Å². The topological polar surface area (TPSA) is 66.4 Å². The first-order valence-electron chi connectivity index (χ1n) is 4.31. The van der Waals surface area contributed by atoms with E-state index in [2.05, 4.69) is 5.32 Å². The summed E-state index contributed by atoms with van der Waals surface area (Å²) in [5, 5.41) is 10.8. The number of carboxylic acid groups (broad SMARTS) is 1. The minimum absolute atomic E-state index is 0.332. The van der Waals surface area contributed by atoms with E-state index in [4.69, 9.17) is 5.11 Å². The van der Waals surface area contributed by atoms with Crippen LogP contribution in [0.25, 0.3) is 0 Å². The smallest absolute Gasteiger partial charge is 0.325 e. The molecule has 2 N–H and O–H groups in total. The molecule has 0 spiro atoms. The van der Waals surface area contributed by atoms with Gasteiger partial charge in [0.25, 0.3) is 0 Å². The average Bonchev–Trinajstić information content (AvgIpc) is 2.83. The van der Waals surface area contributed by atoms with Gasteiger partial charge in [0, 0.05) is 0 Å². The Morgan fingerprint density at radius 3 is 2.62 bits per heavy atom. The first kappa shape index (κ1) is 9.77. The van der Waals surface area contributed by atoms with E-state index in [1.165, 1.54) is 13.0 Å². The number of hydrogen-bond donors (Lipinski definition) is 2. The molecule has 1 fully saturated rings. The number of amides is 1. The van der Waals surface area contributed by atoms with E-state index in [0.29, 0.717) is 5.92 Å². The number of carbonyl (C=O) groups excluding carboxylic acids is 1. The van der Waals surface area contributed by atoms with Gasteiger partial charge in [-0.15, -0.1) is 0 Å². The van der Waals surface area contributed by atoms with Crippen LogP contribution < -0.4 is 5.32 Å². The van der Waals surface area contributed by atoms with Crippen LogP contribution in [0.15, 0.2) is 12.2 Å². The summed E-state index contributed by atoms with van der Waals surface area (Å²) < 4.78 is 0. The standard InChI is InChI=1S/C9H13NO3/c1-6(9(12)13)10-8(11)5-4-7-2-3-7/h4-7H,2-3H2,1H3,(H,10,11)(H,12,13)/b5-4+/t6-/m0/s1. The van der Waals surface area contributed by atoms with Crippen LogP contribution in [0, 0.1) is 5.92 Å². The molecule has 1 aliphatic carbocycles. The maximum Gasteiger partial charge on any atom is 0.325 e. The third-order valence-electron chi connectivity index (χ3n) is 1.87. The highest BCUT2D eigenvalue weighted by molar-refractivity contribution is 5.90. The zero-order chi connectivity index (χ0) is 9.84. The first-order chi connectivity index (χ1) is 6.09. The molecule has 0 aromatic rings. The molecule has 1 aliphatic rings. The van der Waals surface area contributed by atoms with Crippen molar-refractivity contribution >= 4 is 11.9 Å². The maximum absolute atomic E-state index is 11.0. The van der Waals surface area contributed by atoms with Crippen LogP contribution in [0.5, 0.6) is 0 Å². The Morgan fingerprint density at radius 1 is 1.54 bits per heavy atom. The van der Waals surface area contributed by atoms with Crippen LogP contribution in [0.2, 0.25) is 0 Å². The zero-order valence-corrected chi connectivity index (χ0v) is 7.49. The molecule has 1 saturated carbocycles. The second-order valence-corrected chi connectivity index (χ2v) is 3.27. The van der Waals surface area contributed by atoms with Crippen LogP contribution in [0.3, 0.4) is 0 Å². The van der Waals surface area contributed by atoms with Crippen LogP contribution in [-0.2, 0) is 9.59 Å². The van der Waals surface area contributed by atoms with Gasteiger partial charge in [-0.3, -0.25) is 9.59 Å². The molecule has 1 amide bonds. The highest BCUT2D eigenvalue weighted by Gasteiger charge is 2.18. The number of carboxylic acids is 1. The molecular formula is C9H13NO3. The minimum Gasteiger partial charge on any atom is -0.480 e. The van der Waals surface area contributed by atoms with Crippen molar-refractivity contribution in [2.75, 3.05) is 0 Å². The van der Waals surface area contributed by atoms with E-state index in [0.717, 1.165) is 12.8 Å². The second kappa shape index (κ2) is 4.07. The quantitative estimate of drug-likeness (QED) is 0.625. The van der Waals surface area contributed by atoms with Gasteiger partial charge in [0.05, 0.1) is 0 Å². The highest BCUT2D eigenvalue weighted by atomic mass is 16.4. The molecule has 0 aromatic carbocycles. The van der Waals surface area contributed by atoms with Crippen molar-refractivity contribution in [3.8, 4) is 0 Å². The lowest BCUT2D eigenvalue weighted by Gasteiger charge is -2.05. The number of aliphatic carboxylic acids is 1. The van der Waals surface area contributed by atoms with Crippen molar-refractivity contribution < 1.29 is 14.7 Å². The molecule has 1 rings (SSSR count). The van der Waals surface area contributed by atoms with Crippen molar-refractivity contribution in [3.05, 3.63) is 12.2 Å². The number of nitrogens with one attached hydrogen (secondary N) is 1. The van der Waals surface area contributed by atoms with Crippen molar-refractivity contribution in [3.63, 3.8) is 0 Å². The van der Waals surface area contributed by atoms with E-state index in [1.54, 1.807) is 0 Å². The number of carbonyl (C=O) groups is 2. The van der Waals surface area contributed by atoms with Gasteiger partial charge < -0.3 is 10.4 Å². The molecule has 13 heavy (non-hydrogen) atoms. The molecule has 0 aliphatic heterocycles. The minimum atomic E-state index is -1.02. The summed E-state index contributed by atoms with van der Waals surface area (Å²) in [6, 6.07) is -0.823. The molecule has 72 valence electrons. The Hall–Kier alpha value is -1.32. The Kier molecular flexibility index (Phi) is 3.06.